The number of nitrogens with zero attached hydrogens (tertiary/aromatic N) is 1. The van der Waals surface area contributed by atoms with Crippen LogP contribution in [0, 0.1) is 20.8 Å². The van der Waals surface area contributed by atoms with Gasteiger partial charge in [0.1, 0.15) is 5.75 Å². The summed E-state index contributed by atoms with van der Waals surface area (Å²) in [6, 6.07) is 19.9. The van der Waals surface area contributed by atoms with Crippen LogP contribution >= 0.6 is 11.3 Å². The highest BCUT2D eigenvalue weighted by Crippen LogP contribution is 2.38. The van der Waals surface area contributed by atoms with E-state index in [-0.39, 0.29) is 16.3 Å². The topological polar surface area (TPSA) is 93.9 Å². The number of ether oxygens (including phenoxy) is 1. The van der Waals surface area contributed by atoms with Gasteiger partial charge in [0.25, 0.3) is 10.0 Å². The van der Waals surface area contributed by atoms with Crippen LogP contribution in [-0.4, -0.2) is 14.5 Å². The van der Waals surface area contributed by atoms with E-state index < -0.39 is 21.1 Å². The monoisotopic (exact) mass is 519 g/mol. The lowest BCUT2D eigenvalue weighted by molar-refractivity contribution is 0.211. The van der Waals surface area contributed by atoms with Gasteiger partial charge in [-0.2, -0.15) is 4.31 Å². The summed E-state index contributed by atoms with van der Waals surface area (Å²) < 4.78 is 40.3. The van der Waals surface area contributed by atoms with Gasteiger partial charge in [-0.3, -0.25) is 0 Å². The number of amides is 1. The van der Waals surface area contributed by atoms with Crippen molar-refractivity contribution in [2.45, 2.75) is 25.7 Å². The molecule has 0 bridgehead atoms. The van der Waals surface area contributed by atoms with Gasteiger partial charge in [0.15, 0.2) is 5.58 Å². The molecule has 0 saturated carbocycles. The molecule has 1 heterocycles. The van der Waals surface area contributed by atoms with Crippen LogP contribution in [0.5, 0.6) is 5.75 Å². The number of fused-ring (bicyclic) bond motifs is 3. The number of rotatable bonds is 4. The lowest BCUT2D eigenvalue weighted by Gasteiger charge is -2.24. The molecule has 0 atom stereocenters. The third-order valence-corrected chi connectivity index (χ3v) is 8.56. The Morgan fingerprint density at radius 1 is 0.861 bits per heavy atom. The Bertz CT molecular complexity index is 1800. The Hall–Kier alpha value is -3.95. The average Bonchev–Trinajstić information content (AvgIpc) is 3.22. The van der Waals surface area contributed by atoms with Crippen LogP contribution in [0.3, 0.4) is 0 Å². The number of aryl methyl sites for hydroxylation is 3. The zero-order chi connectivity index (χ0) is 25.6. The fourth-order valence-corrected chi connectivity index (χ4v) is 6.47. The van der Waals surface area contributed by atoms with Crippen LogP contribution in [0.2, 0.25) is 0 Å². The maximum Gasteiger partial charge on any atom is 0.434 e. The van der Waals surface area contributed by atoms with Gasteiger partial charge >= 0.3 is 11.0 Å². The molecule has 0 aliphatic heterocycles. The normalized spacial score (nSPS) is 11.6. The van der Waals surface area contributed by atoms with E-state index in [1.54, 1.807) is 73.7 Å². The summed E-state index contributed by atoms with van der Waals surface area (Å²) in [5, 5.41) is 0.925. The fourth-order valence-electron chi connectivity index (χ4n) is 4.11. The minimum atomic E-state index is -4.44. The molecule has 9 heteroatoms. The molecule has 0 aliphatic carbocycles. The van der Waals surface area contributed by atoms with Gasteiger partial charge in [-0.25, -0.2) is 18.0 Å². The number of carbonyl (C=O) groups excluding carboxylic acids is 1. The molecule has 1 aromatic heterocycles. The van der Waals surface area contributed by atoms with Crippen LogP contribution in [-0.2, 0) is 10.0 Å². The maximum absolute atomic E-state index is 14.2. The minimum Gasteiger partial charge on any atom is -0.413 e. The molecule has 0 radical (unpaired) electrons. The zero-order valence-corrected chi connectivity index (χ0v) is 21.3. The fraction of sp³-hybridized carbons (Fsp3) is 0.111. The minimum absolute atomic E-state index is 0.0137. The molecule has 0 fully saturated rings. The first-order valence-corrected chi connectivity index (χ1v) is 13.3. The largest absolute Gasteiger partial charge is 0.434 e. The van der Waals surface area contributed by atoms with E-state index >= 15 is 0 Å². The van der Waals surface area contributed by atoms with E-state index in [2.05, 4.69) is 0 Å². The van der Waals surface area contributed by atoms with Crippen LogP contribution < -0.4 is 14.0 Å². The smallest absolute Gasteiger partial charge is 0.413 e. The molecule has 0 saturated heterocycles. The molecule has 7 nitrogen and oxygen atoms in total. The standard InChI is InChI=1S/C27H21NO6S2/c1-16-13-18(3)24(14-17(16)2)36(31,32)28(26(29)33-19-9-5-4-6-10-19)22-15-23-25(34-27(30)35-23)21-12-8-7-11-20(21)22/h4-15H,1-3H3. The van der Waals surface area contributed by atoms with Gasteiger partial charge in [-0.1, -0.05) is 59.9 Å². The first-order valence-electron chi connectivity index (χ1n) is 11.0. The molecule has 0 spiro atoms. The SMILES string of the molecule is Cc1cc(C)c(S(=O)(=O)N(C(=O)Oc2ccccc2)c2cc3sc(=O)oc3c3ccccc23)cc1C. The Balaban J connectivity index is 1.80. The molecule has 0 aliphatic rings. The molecule has 5 rings (SSSR count). The van der Waals surface area contributed by atoms with E-state index in [1.807, 2.05) is 13.8 Å². The van der Waals surface area contributed by atoms with Gasteiger partial charge in [-0.05, 0) is 61.7 Å². The van der Waals surface area contributed by atoms with Crippen LogP contribution in [0.15, 0.2) is 86.9 Å². The quantitative estimate of drug-likeness (QED) is 0.276. The predicted octanol–water partition coefficient (Wildman–Crippen LogP) is 6.33. The van der Waals surface area contributed by atoms with Crippen molar-refractivity contribution in [3.05, 3.63) is 99.2 Å². The number of sulfonamides is 1. The number of hydrogen-bond donors (Lipinski definition) is 0. The average molecular weight is 520 g/mol. The summed E-state index contributed by atoms with van der Waals surface area (Å²) >= 11 is 0.832. The van der Waals surface area contributed by atoms with E-state index in [4.69, 9.17) is 9.15 Å². The third-order valence-electron chi connectivity index (χ3n) is 5.96. The van der Waals surface area contributed by atoms with E-state index in [9.17, 15) is 18.0 Å². The highest BCUT2D eigenvalue weighted by Gasteiger charge is 2.36. The van der Waals surface area contributed by atoms with Crippen molar-refractivity contribution >= 4 is 54.2 Å². The summed E-state index contributed by atoms with van der Waals surface area (Å²) in [7, 11) is -4.44. The van der Waals surface area contributed by atoms with Gasteiger partial charge in [-0.15, -0.1) is 0 Å². The predicted molar refractivity (Wildman–Crippen MR) is 141 cm³/mol. The molecule has 5 aromatic rings. The maximum atomic E-state index is 14.2. The summed E-state index contributed by atoms with van der Waals surface area (Å²) in [4.78, 5) is 25.1. The van der Waals surface area contributed by atoms with Gasteiger partial charge in [0.05, 0.1) is 15.3 Å². The third kappa shape index (κ3) is 4.06. The number of anilines is 1. The van der Waals surface area contributed by atoms with E-state index in [0.717, 1.165) is 22.5 Å². The van der Waals surface area contributed by atoms with Gasteiger partial charge < -0.3 is 9.15 Å². The Labute approximate surface area is 211 Å². The number of carbonyl (C=O) groups is 1. The molecule has 4 aromatic carbocycles. The molecular weight excluding hydrogens is 498 g/mol. The van der Waals surface area contributed by atoms with Crippen LogP contribution in [0.1, 0.15) is 16.7 Å². The summed E-state index contributed by atoms with van der Waals surface area (Å²) in [6.45, 7) is 5.39. The Morgan fingerprint density at radius 3 is 2.22 bits per heavy atom. The van der Waals surface area contributed by atoms with Gasteiger partial charge in [0, 0.05) is 10.8 Å². The van der Waals surface area contributed by atoms with Crippen molar-refractivity contribution in [1.82, 2.24) is 0 Å². The summed E-state index contributed by atoms with van der Waals surface area (Å²) in [5.74, 6) is 0.192. The first-order chi connectivity index (χ1) is 17.2. The Morgan fingerprint density at radius 2 is 1.50 bits per heavy atom. The lowest BCUT2D eigenvalue weighted by atomic mass is 10.1. The van der Waals surface area contributed by atoms with Crippen molar-refractivity contribution in [3.8, 4) is 5.75 Å². The second-order valence-corrected chi connectivity index (χ2v) is 11.1. The number of hydrogen-bond acceptors (Lipinski definition) is 7. The highest BCUT2D eigenvalue weighted by atomic mass is 32.2. The van der Waals surface area contributed by atoms with E-state index in [1.165, 1.54) is 6.07 Å². The number of para-hydroxylation sites is 1. The summed E-state index contributed by atoms with van der Waals surface area (Å²) in [6.07, 6.45) is -1.10. The van der Waals surface area contributed by atoms with Crippen molar-refractivity contribution < 1.29 is 22.4 Å². The molecule has 0 unspecified atom stereocenters. The molecule has 36 heavy (non-hydrogen) atoms. The second-order valence-electron chi connectivity index (χ2n) is 8.38. The molecule has 1 amide bonds. The molecule has 0 N–H and O–H groups in total. The zero-order valence-electron chi connectivity index (χ0n) is 19.6. The Kier molecular flexibility index (Phi) is 5.89. The van der Waals surface area contributed by atoms with Crippen molar-refractivity contribution in [3.63, 3.8) is 0 Å². The second kappa shape index (κ2) is 8.92. The van der Waals surface area contributed by atoms with Crippen LogP contribution in [0.25, 0.3) is 21.1 Å². The van der Waals surface area contributed by atoms with E-state index in [0.29, 0.717) is 30.9 Å². The summed E-state index contributed by atoms with van der Waals surface area (Å²) in [5.41, 5.74) is 2.59. The lowest BCUT2D eigenvalue weighted by Crippen LogP contribution is -2.39. The first kappa shape index (κ1) is 23.8. The number of benzene rings is 4. The van der Waals surface area contributed by atoms with Crippen molar-refractivity contribution in [2.75, 3.05) is 4.31 Å². The van der Waals surface area contributed by atoms with Crippen LogP contribution in [0.4, 0.5) is 10.5 Å². The molecular formula is C27H21NO6S2. The highest BCUT2D eigenvalue weighted by molar-refractivity contribution is 7.93. The van der Waals surface area contributed by atoms with Crippen molar-refractivity contribution in [2.24, 2.45) is 0 Å². The van der Waals surface area contributed by atoms with Crippen molar-refractivity contribution in [1.29, 1.82) is 0 Å². The van der Waals surface area contributed by atoms with Gasteiger partial charge in [0.2, 0.25) is 0 Å². The molecule has 182 valence electrons.